The number of methoxy groups -OCH3 is 1. The number of piperidine rings is 2. The Labute approximate surface area is 251 Å². The number of nitrogens with zero attached hydrogens (tertiary/aromatic N) is 3. The monoisotopic (exact) mass is 593 g/mol. The average molecular weight is 594 g/mol. The Bertz CT molecular complexity index is 1340. The highest BCUT2D eigenvalue weighted by atomic mass is 16.5. The molecule has 4 aliphatic heterocycles. The zero-order valence-electron chi connectivity index (χ0n) is 24.8. The van der Waals surface area contributed by atoms with Crippen molar-refractivity contribution in [3.05, 3.63) is 53.6 Å². The van der Waals surface area contributed by atoms with Gasteiger partial charge in [0, 0.05) is 64.7 Å². The number of hydrogen-bond acceptors (Lipinski definition) is 7. The fourth-order valence-electron chi connectivity index (χ4n) is 5.71. The van der Waals surface area contributed by atoms with Gasteiger partial charge in [0.15, 0.2) is 18.1 Å². The molecule has 4 aliphatic rings. The number of likely N-dealkylation sites (tertiary alicyclic amines) is 2. The Morgan fingerprint density at radius 3 is 2.40 bits per heavy atom. The van der Waals surface area contributed by atoms with Crippen LogP contribution in [0.15, 0.2) is 42.5 Å². The van der Waals surface area contributed by atoms with E-state index in [1.165, 1.54) is 7.11 Å². The molecule has 2 saturated heterocycles. The molecule has 2 atom stereocenters. The zero-order valence-corrected chi connectivity index (χ0v) is 24.8. The molecule has 12 heteroatoms. The van der Waals surface area contributed by atoms with Crippen LogP contribution < -0.4 is 24.8 Å². The highest BCUT2D eigenvalue weighted by Gasteiger charge is 2.38. The van der Waals surface area contributed by atoms with Gasteiger partial charge in [-0.25, -0.2) is 4.79 Å². The number of fused-ring (bicyclic) bond motifs is 7. The summed E-state index contributed by atoms with van der Waals surface area (Å²) in [6.07, 6.45) is 1.36. The molecule has 43 heavy (non-hydrogen) atoms. The quantitative estimate of drug-likeness (QED) is 0.544. The van der Waals surface area contributed by atoms with Gasteiger partial charge < -0.3 is 39.5 Å². The summed E-state index contributed by atoms with van der Waals surface area (Å²) in [6, 6.07) is 11.7. The van der Waals surface area contributed by atoms with E-state index in [4.69, 9.17) is 14.2 Å². The first-order valence-electron chi connectivity index (χ1n) is 14.6. The lowest BCUT2D eigenvalue weighted by molar-refractivity contribution is -0.139. The normalized spacial score (nSPS) is 21.4. The Kier molecular flexibility index (Phi) is 9.22. The fourth-order valence-corrected chi connectivity index (χ4v) is 5.71. The summed E-state index contributed by atoms with van der Waals surface area (Å²) in [5.74, 6) is 0.482. The van der Waals surface area contributed by atoms with Crippen LogP contribution in [0.2, 0.25) is 0 Å². The molecule has 5 amide bonds. The second-order valence-corrected chi connectivity index (χ2v) is 11.3. The zero-order chi connectivity index (χ0) is 30.5. The fraction of sp³-hybridized carbons (Fsp3) is 0.484. The highest BCUT2D eigenvalue weighted by molar-refractivity contribution is 5.95. The Hall–Kier alpha value is -4.48. The number of ether oxygens (including phenoxy) is 3. The van der Waals surface area contributed by atoms with Crippen LogP contribution in [0, 0.1) is 5.92 Å². The summed E-state index contributed by atoms with van der Waals surface area (Å²) < 4.78 is 17.5. The van der Waals surface area contributed by atoms with Crippen molar-refractivity contribution in [2.24, 2.45) is 5.92 Å². The Balaban J connectivity index is 1.35. The van der Waals surface area contributed by atoms with Gasteiger partial charge in [0.1, 0.15) is 11.9 Å². The highest BCUT2D eigenvalue weighted by Crippen LogP contribution is 2.29. The minimum Gasteiger partial charge on any atom is -0.493 e. The lowest BCUT2D eigenvalue weighted by Crippen LogP contribution is -2.59. The minimum absolute atomic E-state index is 0.0368. The van der Waals surface area contributed by atoms with Crippen molar-refractivity contribution in [1.82, 2.24) is 25.3 Å². The minimum atomic E-state index is -0.481. The number of hydrogen-bond donors (Lipinski definition) is 2. The summed E-state index contributed by atoms with van der Waals surface area (Å²) in [5, 5.41) is 5.91. The van der Waals surface area contributed by atoms with E-state index in [0.717, 1.165) is 5.56 Å². The van der Waals surface area contributed by atoms with Gasteiger partial charge in [-0.15, -0.1) is 0 Å². The van der Waals surface area contributed by atoms with Crippen molar-refractivity contribution in [3.8, 4) is 17.2 Å². The van der Waals surface area contributed by atoms with Crippen molar-refractivity contribution in [3.63, 3.8) is 0 Å². The number of benzene rings is 2. The number of carbonyl (C=O) groups is 4. The molecule has 4 heterocycles. The molecule has 12 nitrogen and oxygen atoms in total. The lowest BCUT2D eigenvalue weighted by atomic mass is 9.93. The second kappa shape index (κ2) is 13.2. The molecule has 4 bridgehead atoms. The molecular weight excluding hydrogens is 554 g/mol. The summed E-state index contributed by atoms with van der Waals surface area (Å²) in [5.41, 5.74) is 1.22. The molecule has 0 aliphatic carbocycles. The molecule has 230 valence electrons. The van der Waals surface area contributed by atoms with Crippen molar-refractivity contribution in [2.45, 2.75) is 38.0 Å². The van der Waals surface area contributed by atoms with Gasteiger partial charge in [-0.05, 0) is 48.7 Å². The third-order valence-electron chi connectivity index (χ3n) is 8.16. The SMILES string of the molecule is COc1ccc2cc1OCC(=O)NCc1ccc(cc1)O[C@@H]1CCN(C(=O)C3CCN(C(=O)N(C)C)CC3)C[C@@H]1NC2=O. The molecule has 0 spiro atoms. The number of nitrogens with one attached hydrogen (secondary N) is 2. The molecule has 2 N–H and O–H groups in total. The Morgan fingerprint density at radius 2 is 1.70 bits per heavy atom. The van der Waals surface area contributed by atoms with E-state index in [1.54, 1.807) is 42.1 Å². The second-order valence-electron chi connectivity index (χ2n) is 11.3. The van der Waals surface area contributed by atoms with Crippen LogP contribution in [-0.2, 0) is 16.1 Å². The molecular formula is C31H39N5O7. The predicted octanol–water partition coefficient (Wildman–Crippen LogP) is 1.88. The maximum absolute atomic E-state index is 13.6. The van der Waals surface area contributed by atoms with E-state index in [1.807, 2.05) is 29.2 Å². The van der Waals surface area contributed by atoms with E-state index in [2.05, 4.69) is 10.6 Å². The first-order chi connectivity index (χ1) is 20.7. The average Bonchev–Trinajstić information content (AvgIpc) is 3.03. The molecule has 0 unspecified atom stereocenters. The molecule has 6 rings (SSSR count). The predicted molar refractivity (Wildman–Crippen MR) is 157 cm³/mol. The van der Waals surface area contributed by atoms with Crippen LogP contribution in [0.4, 0.5) is 4.79 Å². The number of urea groups is 1. The van der Waals surface area contributed by atoms with Crippen molar-refractivity contribution >= 4 is 23.8 Å². The summed E-state index contributed by atoms with van der Waals surface area (Å²) in [6.45, 7) is 1.94. The van der Waals surface area contributed by atoms with Crippen LogP contribution in [0.3, 0.4) is 0 Å². The summed E-state index contributed by atoms with van der Waals surface area (Å²) in [7, 11) is 4.94. The number of amides is 5. The summed E-state index contributed by atoms with van der Waals surface area (Å²) >= 11 is 0. The molecule has 2 aromatic carbocycles. The van der Waals surface area contributed by atoms with Crippen LogP contribution in [0.1, 0.15) is 35.2 Å². The van der Waals surface area contributed by atoms with Gasteiger partial charge in [0.2, 0.25) is 5.91 Å². The van der Waals surface area contributed by atoms with E-state index in [9.17, 15) is 19.2 Å². The first kappa shape index (κ1) is 30.0. The smallest absolute Gasteiger partial charge is 0.319 e. The molecule has 0 radical (unpaired) electrons. The van der Waals surface area contributed by atoms with Gasteiger partial charge >= 0.3 is 6.03 Å². The van der Waals surface area contributed by atoms with Gasteiger partial charge in [-0.3, -0.25) is 14.4 Å². The molecule has 2 fully saturated rings. The van der Waals surface area contributed by atoms with E-state index in [0.29, 0.717) is 69.0 Å². The van der Waals surface area contributed by atoms with Gasteiger partial charge in [-0.1, -0.05) is 12.1 Å². The standard InChI is InChI=1S/C31H39N5O7/c1-34(2)31(40)35-13-10-21(11-14-35)30(39)36-15-12-25-24(18-36)33-29(38)22-6-9-26(41-3)27(16-22)42-19-28(37)32-17-20-4-7-23(43-25)8-5-20/h4-9,16,21,24-25H,10-15,17-19H2,1-3H3,(H,32,37)(H,33,38)/t24-,25+/m0/s1. The summed E-state index contributed by atoms with van der Waals surface area (Å²) in [4.78, 5) is 57.0. The van der Waals surface area contributed by atoms with Crippen molar-refractivity contribution in [1.29, 1.82) is 0 Å². The topological polar surface area (TPSA) is 130 Å². The van der Waals surface area contributed by atoms with Crippen LogP contribution in [0.25, 0.3) is 0 Å². The van der Waals surface area contributed by atoms with Gasteiger partial charge in [0.25, 0.3) is 11.8 Å². The number of rotatable bonds is 2. The molecule has 0 aromatic heterocycles. The first-order valence-corrected chi connectivity index (χ1v) is 14.6. The maximum atomic E-state index is 13.6. The van der Waals surface area contributed by atoms with Gasteiger partial charge in [-0.2, -0.15) is 0 Å². The van der Waals surface area contributed by atoms with E-state index >= 15 is 0 Å². The van der Waals surface area contributed by atoms with E-state index in [-0.39, 0.29) is 48.1 Å². The largest absolute Gasteiger partial charge is 0.493 e. The van der Waals surface area contributed by atoms with Crippen molar-refractivity contribution in [2.75, 3.05) is 54.0 Å². The van der Waals surface area contributed by atoms with Gasteiger partial charge in [0.05, 0.1) is 13.2 Å². The Morgan fingerprint density at radius 1 is 0.977 bits per heavy atom. The number of carbonyl (C=O) groups excluding carboxylic acids is 4. The van der Waals surface area contributed by atoms with E-state index < -0.39 is 6.04 Å². The van der Waals surface area contributed by atoms with Crippen LogP contribution in [0.5, 0.6) is 17.2 Å². The molecule has 0 saturated carbocycles. The van der Waals surface area contributed by atoms with Crippen LogP contribution >= 0.6 is 0 Å². The lowest BCUT2D eigenvalue weighted by Gasteiger charge is -2.41. The molecule has 2 aromatic rings. The maximum Gasteiger partial charge on any atom is 0.319 e. The van der Waals surface area contributed by atoms with Crippen LogP contribution in [-0.4, -0.2) is 105 Å². The van der Waals surface area contributed by atoms with Crippen molar-refractivity contribution < 1.29 is 33.4 Å². The third kappa shape index (κ3) is 7.12. The third-order valence-corrected chi connectivity index (χ3v) is 8.16.